The van der Waals surface area contributed by atoms with E-state index in [0.29, 0.717) is 6.04 Å². The SMILES string of the molecule is CCCNC1CC2(CCCC2CC)Oc2ccc(C)cc21. The standard InChI is InChI=1S/C19H29NO/c1-4-11-20-17-13-19(10-6-7-15(19)5-2)21-18-9-8-14(3)12-16(17)18/h8-9,12,15,17,20H,4-7,10-11,13H2,1-3H3. The van der Waals surface area contributed by atoms with Crippen LogP contribution in [0.4, 0.5) is 0 Å². The lowest BCUT2D eigenvalue weighted by Crippen LogP contribution is -2.46. The maximum Gasteiger partial charge on any atom is 0.124 e. The number of nitrogens with one attached hydrogen (secondary N) is 1. The van der Waals surface area contributed by atoms with Gasteiger partial charge in [0.05, 0.1) is 0 Å². The van der Waals surface area contributed by atoms with Gasteiger partial charge in [0, 0.05) is 18.0 Å². The predicted molar refractivity (Wildman–Crippen MR) is 87.8 cm³/mol. The van der Waals surface area contributed by atoms with Crippen LogP contribution in [0.3, 0.4) is 0 Å². The number of ether oxygens (including phenoxy) is 1. The first kappa shape index (κ1) is 14.9. The van der Waals surface area contributed by atoms with E-state index in [-0.39, 0.29) is 5.60 Å². The summed E-state index contributed by atoms with van der Waals surface area (Å²) in [5, 5.41) is 3.77. The Bertz CT molecular complexity index is 498. The van der Waals surface area contributed by atoms with Gasteiger partial charge in [-0.1, -0.05) is 31.5 Å². The lowest BCUT2D eigenvalue weighted by Gasteiger charge is -2.44. The Balaban J connectivity index is 1.94. The van der Waals surface area contributed by atoms with Crippen molar-refractivity contribution in [2.45, 2.75) is 70.9 Å². The molecule has 2 aliphatic rings. The van der Waals surface area contributed by atoms with Crippen molar-refractivity contribution in [3.05, 3.63) is 29.3 Å². The van der Waals surface area contributed by atoms with E-state index in [1.807, 2.05) is 0 Å². The van der Waals surface area contributed by atoms with Gasteiger partial charge in [0.2, 0.25) is 0 Å². The van der Waals surface area contributed by atoms with Crippen molar-refractivity contribution in [2.75, 3.05) is 6.54 Å². The number of hydrogen-bond acceptors (Lipinski definition) is 2. The fraction of sp³-hybridized carbons (Fsp3) is 0.684. The van der Waals surface area contributed by atoms with E-state index in [1.54, 1.807) is 0 Å². The van der Waals surface area contributed by atoms with E-state index in [9.17, 15) is 0 Å². The number of fused-ring (bicyclic) bond motifs is 1. The van der Waals surface area contributed by atoms with Crippen LogP contribution >= 0.6 is 0 Å². The average molecular weight is 287 g/mol. The smallest absolute Gasteiger partial charge is 0.124 e. The molecule has 3 atom stereocenters. The zero-order valence-electron chi connectivity index (χ0n) is 13.7. The molecule has 1 aromatic carbocycles. The van der Waals surface area contributed by atoms with E-state index in [2.05, 4.69) is 44.3 Å². The van der Waals surface area contributed by atoms with Crippen LogP contribution in [-0.2, 0) is 0 Å². The fourth-order valence-electron chi connectivity index (χ4n) is 4.34. The van der Waals surface area contributed by atoms with Crippen molar-refractivity contribution in [1.29, 1.82) is 0 Å². The molecule has 1 aliphatic heterocycles. The normalized spacial score (nSPS) is 31.2. The van der Waals surface area contributed by atoms with Gasteiger partial charge < -0.3 is 10.1 Å². The number of hydrogen-bond donors (Lipinski definition) is 1. The molecule has 1 fully saturated rings. The molecule has 2 nitrogen and oxygen atoms in total. The highest BCUT2D eigenvalue weighted by Gasteiger charge is 2.48. The molecule has 1 aliphatic carbocycles. The van der Waals surface area contributed by atoms with Crippen molar-refractivity contribution < 1.29 is 4.74 Å². The number of benzene rings is 1. The molecule has 1 spiro atoms. The summed E-state index contributed by atoms with van der Waals surface area (Å²) < 4.78 is 6.61. The largest absolute Gasteiger partial charge is 0.487 e. The van der Waals surface area contributed by atoms with Crippen LogP contribution in [-0.4, -0.2) is 12.1 Å². The van der Waals surface area contributed by atoms with E-state index in [1.165, 1.54) is 43.2 Å². The third-order valence-corrected chi connectivity index (χ3v) is 5.43. The monoisotopic (exact) mass is 287 g/mol. The molecule has 3 rings (SSSR count). The van der Waals surface area contributed by atoms with Gasteiger partial charge in [-0.3, -0.25) is 0 Å². The minimum atomic E-state index is 0.0857. The van der Waals surface area contributed by atoms with Crippen LogP contribution in [0.15, 0.2) is 18.2 Å². The summed E-state index contributed by atoms with van der Waals surface area (Å²) in [6.45, 7) is 7.82. The summed E-state index contributed by atoms with van der Waals surface area (Å²) in [7, 11) is 0. The first-order valence-electron chi connectivity index (χ1n) is 8.71. The molecule has 116 valence electrons. The second-order valence-electron chi connectivity index (χ2n) is 6.92. The molecule has 0 amide bonds. The number of aryl methyl sites for hydroxylation is 1. The van der Waals surface area contributed by atoms with Crippen LogP contribution in [0.25, 0.3) is 0 Å². The minimum Gasteiger partial charge on any atom is -0.487 e. The molecule has 1 aromatic rings. The Labute approximate surface area is 129 Å². The predicted octanol–water partition coefficient (Wildman–Crippen LogP) is 4.77. The molecule has 0 aromatic heterocycles. The zero-order valence-corrected chi connectivity index (χ0v) is 13.7. The molecule has 0 bridgehead atoms. The van der Waals surface area contributed by atoms with Gasteiger partial charge in [-0.05, 0) is 57.6 Å². The van der Waals surface area contributed by atoms with E-state index in [0.717, 1.165) is 24.6 Å². The summed E-state index contributed by atoms with van der Waals surface area (Å²) in [5.41, 5.74) is 2.79. The van der Waals surface area contributed by atoms with E-state index in [4.69, 9.17) is 4.74 Å². The van der Waals surface area contributed by atoms with Crippen LogP contribution in [0, 0.1) is 12.8 Å². The van der Waals surface area contributed by atoms with Crippen molar-refractivity contribution in [3.8, 4) is 5.75 Å². The molecule has 2 heteroatoms. The molecule has 1 heterocycles. The van der Waals surface area contributed by atoms with Gasteiger partial charge in [0.1, 0.15) is 11.4 Å². The second-order valence-corrected chi connectivity index (χ2v) is 6.92. The van der Waals surface area contributed by atoms with Gasteiger partial charge in [-0.15, -0.1) is 0 Å². The van der Waals surface area contributed by atoms with Gasteiger partial charge in [0.15, 0.2) is 0 Å². The van der Waals surface area contributed by atoms with Crippen molar-refractivity contribution in [1.82, 2.24) is 5.32 Å². The van der Waals surface area contributed by atoms with Crippen LogP contribution in [0.1, 0.15) is 69.5 Å². The molecule has 0 saturated heterocycles. The van der Waals surface area contributed by atoms with Gasteiger partial charge in [-0.25, -0.2) is 0 Å². The van der Waals surface area contributed by atoms with Crippen LogP contribution in [0.2, 0.25) is 0 Å². The lowest BCUT2D eigenvalue weighted by molar-refractivity contribution is -0.00556. The Morgan fingerprint density at radius 1 is 1.33 bits per heavy atom. The first-order chi connectivity index (χ1) is 10.2. The van der Waals surface area contributed by atoms with Crippen molar-refractivity contribution in [2.24, 2.45) is 5.92 Å². The fourth-order valence-corrected chi connectivity index (χ4v) is 4.34. The highest BCUT2D eigenvalue weighted by atomic mass is 16.5. The highest BCUT2D eigenvalue weighted by molar-refractivity contribution is 5.42. The molecule has 0 radical (unpaired) electrons. The molecule has 21 heavy (non-hydrogen) atoms. The minimum absolute atomic E-state index is 0.0857. The Morgan fingerprint density at radius 2 is 2.19 bits per heavy atom. The summed E-state index contributed by atoms with van der Waals surface area (Å²) in [6, 6.07) is 7.15. The Hall–Kier alpha value is -1.02. The molecule has 1 N–H and O–H groups in total. The molecule has 3 unspecified atom stereocenters. The Kier molecular flexibility index (Phi) is 4.26. The van der Waals surface area contributed by atoms with Gasteiger partial charge >= 0.3 is 0 Å². The summed E-state index contributed by atoms with van der Waals surface area (Å²) in [6.07, 6.45) is 7.44. The first-order valence-corrected chi connectivity index (χ1v) is 8.71. The molecular weight excluding hydrogens is 258 g/mol. The summed E-state index contributed by atoms with van der Waals surface area (Å²) in [5.74, 6) is 1.85. The third-order valence-electron chi connectivity index (χ3n) is 5.43. The van der Waals surface area contributed by atoms with Crippen molar-refractivity contribution >= 4 is 0 Å². The summed E-state index contributed by atoms with van der Waals surface area (Å²) in [4.78, 5) is 0. The second kappa shape index (κ2) is 6.00. The maximum absolute atomic E-state index is 6.61. The molecular formula is C19H29NO. The maximum atomic E-state index is 6.61. The lowest BCUT2D eigenvalue weighted by atomic mass is 9.79. The molecule has 1 saturated carbocycles. The highest BCUT2D eigenvalue weighted by Crippen LogP contribution is 2.51. The zero-order chi connectivity index (χ0) is 14.9. The van der Waals surface area contributed by atoms with Crippen LogP contribution < -0.4 is 10.1 Å². The van der Waals surface area contributed by atoms with Crippen LogP contribution in [0.5, 0.6) is 5.75 Å². The third kappa shape index (κ3) is 2.70. The topological polar surface area (TPSA) is 21.3 Å². The Morgan fingerprint density at radius 3 is 2.95 bits per heavy atom. The van der Waals surface area contributed by atoms with Crippen molar-refractivity contribution in [3.63, 3.8) is 0 Å². The number of rotatable bonds is 4. The quantitative estimate of drug-likeness (QED) is 0.861. The van der Waals surface area contributed by atoms with E-state index >= 15 is 0 Å². The van der Waals surface area contributed by atoms with Gasteiger partial charge in [0.25, 0.3) is 0 Å². The van der Waals surface area contributed by atoms with E-state index < -0.39 is 0 Å². The van der Waals surface area contributed by atoms with Gasteiger partial charge in [-0.2, -0.15) is 0 Å². The average Bonchev–Trinajstić information content (AvgIpc) is 2.87. The summed E-state index contributed by atoms with van der Waals surface area (Å²) >= 11 is 0.